The van der Waals surface area contributed by atoms with E-state index in [0.29, 0.717) is 0 Å². The number of esters is 1. The first-order chi connectivity index (χ1) is 6.75. The van der Waals surface area contributed by atoms with Crippen molar-refractivity contribution in [2.75, 3.05) is 5.32 Å². The van der Waals surface area contributed by atoms with Crippen LogP contribution in [0.1, 0.15) is 13.3 Å². The molecule has 0 saturated carbocycles. The molecule has 1 fully saturated rings. The zero-order valence-electron chi connectivity index (χ0n) is 8.07. The average molecular weight is 191 g/mol. The summed E-state index contributed by atoms with van der Waals surface area (Å²) in [5, 5.41) is 3.15. The van der Waals surface area contributed by atoms with Gasteiger partial charge in [0.2, 0.25) is 0 Å². The lowest BCUT2D eigenvalue weighted by Crippen LogP contribution is -2.24. The van der Waals surface area contributed by atoms with Gasteiger partial charge in [-0.2, -0.15) is 0 Å². The fraction of sp³-hybridized carbons (Fsp3) is 0.364. The Morgan fingerprint density at radius 1 is 1.36 bits per heavy atom. The van der Waals surface area contributed by atoms with Crippen molar-refractivity contribution in [3.8, 4) is 0 Å². The molecule has 1 aliphatic heterocycles. The molecule has 2 unspecified atom stereocenters. The monoisotopic (exact) mass is 191 g/mol. The second-order valence-corrected chi connectivity index (χ2v) is 3.55. The van der Waals surface area contributed by atoms with E-state index in [1.54, 1.807) is 0 Å². The second kappa shape index (κ2) is 3.70. The summed E-state index contributed by atoms with van der Waals surface area (Å²) in [6, 6.07) is 9.51. The zero-order valence-corrected chi connectivity index (χ0v) is 8.07. The van der Waals surface area contributed by atoms with Gasteiger partial charge in [0.05, 0.1) is 0 Å². The number of benzene rings is 1. The number of hydrogen-bond donors (Lipinski definition) is 1. The first-order valence-electron chi connectivity index (χ1n) is 4.78. The molecule has 2 rings (SSSR count). The third-order valence-electron chi connectivity index (χ3n) is 2.28. The fourth-order valence-electron chi connectivity index (χ4n) is 1.61. The number of ether oxygens (including phenoxy) is 1. The van der Waals surface area contributed by atoms with Gasteiger partial charge in [-0.15, -0.1) is 0 Å². The molecule has 1 heterocycles. The van der Waals surface area contributed by atoms with Gasteiger partial charge in [-0.05, 0) is 19.1 Å². The summed E-state index contributed by atoms with van der Waals surface area (Å²) in [4.78, 5) is 11.3. The van der Waals surface area contributed by atoms with E-state index < -0.39 is 0 Å². The summed E-state index contributed by atoms with van der Waals surface area (Å²) in [5.41, 5.74) is 0.962. The summed E-state index contributed by atoms with van der Waals surface area (Å²) in [7, 11) is 0. The quantitative estimate of drug-likeness (QED) is 0.724. The third-order valence-corrected chi connectivity index (χ3v) is 2.28. The molecule has 74 valence electrons. The van der Waals surface area contributed by atoms with Gasteiger partial charge in [-0.3, -0.25) is 0 Å². The standard InChI is InChI=1S/C11H13NO2/c1-8-7-10(11(13)14-8)12-9-5-3-2-4-6-9/h2-6,8,10,12H,7H2,1H3. The Morgan fingerprint density at radius 2 is 2.07 bits per heavy atom. The maximum Gasteiger partial charge on any atom is 0.328 e. The molecule has 0 aliphatic carbocycles. The average Bonchev–Trinajstić information content (AvgIpc) is 2.47. The van der Waals surface area contributed by atoms with Gasteiger partial charge in [0.1, 0.15) is 12.1 Å². The zero-order chi connectivity index (χ0) is 9.97. The smallest absolute Gasteiger partial charge is 0.328 e. The number of carbonyl (C=O) groups excluding carboxylic acids is 1. The highest BCUT2D eigenvalue weighted by atomic mass is 16.6. The van der Waals surface area contributed by atoms with Crippen LogP contribution in [0.15, 0.2) is 30.3 Å². The van der Waals surface area contributed by atoms with Crippen molar-refractivity contribution >= 4 is 11.7 Å². The summed E-state index contributed by atoms with van der Waals surface area (Å²) in [5.74, 6) is -0.152. The largest absolute Gasteiger partial charge is 0.461 e. The van der Waals surface area contributed by atoms with Crippen LogP contribution in [0.25, 0.3) is 0 Å². The summed E-state index contributed by atoms with van der Waals surface area (Å²) >= 11 is 0. The van der Waals surface area contributed by atoms with Crippen LogP contribution in [-0.4, -0.2) is 18.1 Å². The van der Waals surface area contributed by atoms with E-state index in [0.717, 1.165) is 12.1 Å². The molecule has 1 aromatic rings. The van der Waals surface area contributed by atoms with Gasteiger partial charge in [0, 0.05) is 12.1 Å². The van der Waals surface area contributed by atoms with Crippen LogP contribution in [0.5, 0.6) is 0 Å². The highest BCUT2D eigenvalue weighted by molar-refractivity contribution is 5.81. The summed E-state index contributed by atoms with van der Waals surface area (Å²) < 4.78 is 5.04. The van der Waals surface area contributed by atoms with Crippen molar-refractivity contribution in [1.29, 1.82) is 0 Å². The molecular formula is C11H13NO2. The van der Waals surface area contributed by atoms with Crippen LogP contribution < -0.4 is 5.32 Å². The Balaban J connectivity index is 2.02. The van der Waals surface area contributed by atoms with Crippen LogP contribution in [0, 0.1) is 0 Å². The van der Waals surface area contributed by atoms with Crippen LogP contribution >= 0.6 is 0 Å². The topological polar surface area (TPSA) is 38.3 Å². The highest BCUT2D eigenvalue weighted by Crippen LogP contribution is 2.18. The van der Waals surface area contributed by atoms with E-state index in [1.807, 2.05) is 37.3 Å². The fourth-order valence-corrected chi connectivity index (χ4v) is 1.61. The number of rotatable bonds is 2. The van der Waals surface area contributed by atoms with Gasteiger partial charge < -0.3 is 10.1 Å². The molecule has 0 spiro atoms. The molecule has 1 aromatic carbocycles. The van der Waals surface area contributed by atoms with Crippen molar-refractivity contribution in [2.45, 2.75) is 25.5 Å². The molecule has 0 amide bonds. The number of cyclic esters (lactones) is 1. The van der Waals surface area contributed by atoms with Gasteiger partial charge in [-0.25, -0.2) is 4.79 Å². The second-order valence-electron chi connectivity index (χ2n) is 3.55. The maximum atomic E-state index is 11.3. The van der Waals surface area contributed by atoms with Crippen molar-refractivity contribution in [2.24, 2.45) is 0 Å². The van der Waals surface area contributed by atoms with Crippen molar-refractivity contribution < 1.29 is 9.53 Å². The van der Waals surface area contributed by atoms with Gasteiger partial charge in [0.25, 0.3) is 0 Å². The van der Waals surface area contributed by atoms with E-state index in [4.69, 9.17) is 4.74 Å². The molecule has 0 radical (unpaired) electrons. The van der Waals surface area contributed by atoms with Crippen LogP contribution in [-0.2, 0) is 9.53 Å². The number of para-hydroxylation sites is 1. The number of hydrogen-bond acceptors (Lipinski definition) is 3. The molecule has 3 heteroatoms. The lowest BCUT2D eigenvalue weighted by Gasteiger charge is -2.09. The van der Waals surface area contributed by atoms with Crippen LogP contribution in [0.2, 0.25) is 0 Å². The first-order valence-corrected chi connectivity index (χ1v) is 4.78. The van der Waals surface area contributed by atoms with E-state index in [2.05, 4.69) is 5.32 Å². The van der Waals surface area contributed by atoms with Crippen molar-refractivity contribution in [3.63, 3.8) is 0 Å². The molecule has 1 N–H and O–H groups in total. The Bertz CT molecular complexity index is 323. The van der Waals surface area contributed by atoms with Crippen molar-refractivity contribution in [3.05, 3.63) is 30.3 Å². The van der Waals surface area contributed by atoms with Crippen molar-refractivity contribution in [1.82, 2.24) is 0 Å². The molecule has 2 atom stereocenters. The molecule has 1 aliphatic rings. The predicted molar refractivity (Wildman–Crippen MR) is 54.0 cm³/mol. The Kier molecular flexibility index (Phi) is 2.39. The number of nitrogens with one attached hydrogen (secondary N) is 1. The predicted octanol–water partition coefficient (Wildman–Crippen LogP) is 1.80. The molecule has 14 heavy (non-hydrogen) atoms. The van der Waals surface area contributed by atoms with Gasteiger partial charge >= 0.3 is 5.97 Å². The minimum atomic E-state index is -0.188. The van der Waals surface area contributed by atoms with Crippen LogP contribution in [0.4, 0.5) is 5.69 Å². The Labute approximate surface area is 83.1 Å². The van der Waals surface area contributed by atoms with E-state index in [9.17, 15) is 4.79 Å². The van der Waals surface area contributed by atoms with E-state index in [1.165, 1.54) is 0 Å². The molecular weight excluding hydrogens is 178 g/mol. The summed E-state index contributed by atoms with van der Waals surface area (Å²) in [6.45, 7) is 1.91. The molecule has 0 aromatic heterocycles. The maximum absolute atomic E-state index is 11.3. The highest BCUT2D eigenvalue weighted by Gasteiger charge is 2.31. The summed E-state index contributed by atoms with van der Waals surface area (Å²) in [6.07, 6.45) is 0.775. The lowest BCUT2D eigenvalue weighted by atomic mass is 10.2. The molecule has 3 nitrogen and oxygen atoms in total. The van der Waals surface area contributed by atoms with Gasteiger partial charge in [-0.1, -0.05) is 18.2 Å². The molecule has 0 bridgehead atoms. The lowest BCUT2D eigenvalue weighted by molar-refractivity contribution is -0.141. The Morgan fingerprint density at radius 3 is 2.64 bits per heavy atom. The first kappa shape index (κ1) is 9.06. The third kappa shape index (κ3) is 1.87. The normalized spacial score (nSPS) is 25.9. The number of anilines is 1. The van der Waals surface area contributed by atoms with E-state index >= 15 is 0 Å². The Hall–Kier alpha value is -1.51. The minimum Gasteiger partial charge on any atom is -0.461 e. The minimum absolute atomic E-state index is 0.0312. The SMILES string of the molecule is CC1CC(Nc2ccccc2)C(=O)O1. The van der Waals surface area contributed by atoms with E-state index in [-0.39, 0.29) is 18.1 Å². The van der Waals surface area contributed by atoms with Crippen LogP contribution in [0.3, 0.4) is 0 Å². The number of carbonyl (C=O) groups is 1. The van der Waals surface area contributed by atoms with Gasteiger partial charge in [0.15, 0.2) is 0 Å². The molecule has 1 saturated heterocycles.